The number of ether oxygens (including phenoxy) is 1. The van der Waals surface area contributed by atoms with Gasteiger partial charge in [0.15, 0.2) is 0 Å². The van der Waals surface area contributed by atoms with Gasteiger partial charge in [0.25, 0.3) is 0 Å². The van der Waals surface area contributed by atoms with Crippen molar-refractivity contribution in [2.75, 3.05) is 6.61 Å². The molecule has 3 N–H and O–H groups in total. The summed E-state index contributed by atoms with van der Waals surface area (Å²) in [5, 5.41) is 27.7. The molecule has 0 aromatic carbocycles. The first-order valence-corrected chi connectivity index (χ1v) is 4.20. The molecule has 0 amide bonds. The highest BCUT2D eigenvalue weighted by Crippen LogP contribution is 2.25. The first-order valence-electron chi connectivity index (χ1n) is 4.20. The van der Waals surface area contributed by atoms with E-state index in [1.54, 1.807) is 0 Å². The van der Waals surface area contributed by atoms with E-state index in [-0.39, 0.29) is 18.6 Å². The molecule has 12 heavy (non-hydrogen) atoms. The van der Waals surface area contributed by atoms with Crippen molar-refractivity contribution in [2.24, 2.45) is 5.92 Å². The Labute approximate surface area is 71.8 Å². The average Bonchev–Trinajstić information content (AvgIpc) is 2.08. The Bertz CT molecular complexity index is 145. The first kappa shape index (κ1) is 9.92. The molecule has 2 unspecified atom stereocenters. The summed E-state index contributed by atoms with van der Waals surface area (Å²) >= 11 is 0. The molecule has 1 aliphatic rings. The minimum atomic E-state index is -0.971. The van der Waals surface area contributed by atoms with Crippen LogP contribution in [-0.4, -0.2) is 46.3 Å². The monoisotopic (exact) mass is 176 g/mol. The lowest BCUT2D eigenvalue weighted by Gasteiger charge is -2.39. The van der Waals surface area contributed by atoms with Crippen LogP contribution >= 0.6 is 0 Å². The summed E-state index contributed by atoms with van der Waals surface area (Å²) in [6.45, 7) is 3.38. The minimum absolute atomic E-state index is 0.0946. The molecular formula is C8H16O4. The highest BCUT2D eigenvalue weighted by molar-refractivity contribution is 4.87. The maximum atomic E-state index is 9.48. The molecule has 0 saturated carbocycles. The van der Waals surface area contributed by atoms with Gasteiger partial charge in [0.2, 0.25) is 0 Å². The molecule has 0 aromatic heterocycles. The van der Waals surface area contributed by atoms with Crippen molar-refractivity contribution < 1.29 is 20.1 Å². The van der Waals surface area contributed by atoms with E-state index < -0.39 is 18.3 Å². The van der Waals surface area contributed by atoms with Crippen molar-refractivity contribution in [1.29, 1.82) is 0 Å². The molecule has 0 aliphatic carbocycles. The summed E-state index contributed by atoms with van der Waals surface area (Å²) < 4.78 is 5.27. The van der Waals surface area contributed by atoms with E-state index in [1.807, 2.05) is 13.8 Å². The van der Waals surface area contributed by atoms with Crippen molar-refractivity contribution in [3.63, 3.8) is 0 Å². The molecule has 72 valence electrons. The molecule has 0 bridgehead atoms. The molecule has 4 heteroatoms. The Morgan fingerprint density at radius 2 is 1.75 bits per heavy atom. The Hall–Kier alpha value is -0.160. The van der Waals surface area contributed by atoms with Crippen LogP contribution in [0, 0.1) is 5.92 Å². The van der Waals surface area contributed by atoms with Crippen LogP contribution in [0.15, 0.2) is 0 Å². The lowest BCUT2D eigenvalue weighted by molar-refractivity contribution is -0.200. The minimum Gasteiger partial charge on any atom is -0.394 e. The van der Waals surface area contributed by atoms with Crippen molar-refractivity contribution in [2.45, 2.75) is 38.3 Å². The van der Waals surface area contributed by atoms with E-state index >= 15 is 0 Å². The standard InChI is InChI=1S/C8H16O4/c1-4-5(2)12-6(3-9)8(11)7(4)10/h4-11H,3H2,1-2H3/t4?,5-,6?,7+,8+/m0/s1. The second-order valence-electron chi connectivity index (χ2n) is 3.40. The average molecular weight is 176 g/mol. The third-order valence-electron chi connectivity index (χ3n) is 2.58. The zero-order valence-corrected chi connectivity index (χ0v) is 7.34. The topological polar surface area (TPSA) is 69.9 Å². The van der Waals surface area contributed by atoms with Crippen LogP contribution in [0.3, 0.4) is 0 Å². The Morgan fingerprint density at radius 1 is 1.17 bits per heavy atom. The number of aliphatic hydroxyl groups excluding tert-OH is 3. The van der Waals surface area contributed by atoms with Gasteiger partial charge in [0.05, 0.1) is 18.8 Å². The molecule has 4 nitrogen and oxygen atoms in total. The SMILES string of the molecule is CC1[C@H](C)OC(CO)[C@@H](O)[C@@H]1O. The molecule has 1 fully saturated rings. The van der Waals surface area contributed by atoms with E-state index in [1.165, 1.54) is 0 Å². The Kier molecular flexibility index (Phi) is 3.06. The van der Waals surface area contributed by atoms with Crippen LogP contribution in [0.5, 0.6) is 0 Å². The van der Waals surface area contributed by atoms with E-state index in [4.69, 9.17) is 9.84 Å². The molecule has 0 aromatic rings. The van der Waals surface area contributed by atoms with Crippen molar-refractivity contribution in [1.82, 2.24) is 0 Å². The van der Waals surface area contributed by atoms with Gasteiger partial charge in [0.1, 0.15) is 12.2 Å². The van der Waals surface area contributed by atoms with Gasteiger partial charge in [-0.05, 0) is 6.92 Å². The van der Waals surface area contributed by atoms with Gasteiger partial charge < -0.3 is 20.1 Å². The predicted molar refractivity (Wildman–Crippen MR) is 42.6 cm³/mol. The van der Waals surface area contributed by atoms with Gasteiger partial charge in [-0.2, -0.15) is 0 Å². The second kappa shape index (κ2) is 3.70. The zero-order chi connectivity index (χ0) is 9.30. The summed E-state index contributed by atoms with van der Waals surface area (Å²) in [7, 11) is 0. The lowest BCUT2D eigenvalue weighted by atomic mass is 9.89. The fraction of sp³-hybridized carbons (Fsp3) is 1.00. The highest BCUT2D eigenvalue weighted by Gasteiger charge is 2.39. The normalized spacial score (nSPS) is 49.2. The van der Waals surface area contributed by atoms with Gasteiger partial charge in [-0.1, -0.05) is 6.92 Å². The van der Waals surface area contributed by atoms with Gasteiger partial charge in [-0.3, -0.25) is 0 Å². The smallest absolute Gasteiger partial charge is 0.109 e. The fourth-order valence-corrected chi connectivity index (χ4v) is 1.44. The van der Waals surface area contributed by atoms with Crippen LogP contribution in [0.25, 0.3) is 0 Å². The number of hydrogen-bond acceptors (Lipinski definition) is 4. The van der Waals surface area contributed by atoms with Crippen LogP contribution in [0.1, 0.15) is 13.8 Å². The van der Waals surface area contributed by atoms with Gasteiger partial charge in [-0.25, -0.2) is 0 Å². The molecule has 1 rings (SSSR count). The summed E-state index contributed by atoms with van der Waals surface area (Å²) in [5.74, 6) is -0.0946. The number of hydrogen-bond donors (Lipinski definition) is 3. The van der Waals surface area contributed by atoms with Crippen LogP contribution < -0.4 is 0 Å². The summed E-state index contributed by atoms with van der Waals surface area (Å²) in [4.78, 5) is 0. The van der Waals surface area contributed by atoms with E-state index in [0.29, 0.717) is 0 Å². The van der Waals surface area contributed by atoms with E-state index in [0.717, 1.165) is 0 Å². The molecular weight excluding hydrogens is 160 g/mol. The van der Waals surface area contributed by atoms with Gasteiger partial charge in [-0.15, -0.1) is 0 Å². The van der Waals surface area contributed by atoms with Crippen LogP contribution in [0.2, 0.25) is 0 Å². The maximum Gasteiger partial charge on any atom is 0.109 e. The molecule has 0 spiro atoms. The summed E-state index contributed by atoms with van der Waals surface area (Å²) in [6, 6.07) is 0. The van der Waals surface area contributed by atoms with Crippen LogP contribution in [-0.2, 0) is 4.74 Å². The van der Waals surface area contributed by atoms with Crippen LogP contribution in [0.4, 0.5) is 0 Å². The molecule has 0 radical (unpaired) electrons. The first-order chi connectivity index (χ1) is 5.57. The lowest BCUT2D eigenvalue weighted by Crippen LogP contribution is -2.53. The number of aliphatic hydroxyl groups is 3. The second-order valence-corrected chi connectivity index (χ2v) is 3.40. The predicted octanol–water partition coefficient (Wildman–Crippen LogP) is -0.876. The van der Waals surface area contributed by atoms with Crippen molar-refractivity contribution >= 4 is 0 Å². The highest BCUT2D eigenvalue weighted by atomic mass is 16.5. The van der Waals surface area contributed by atoms with Gasteiger partial charge in [0, 0.05) is 5.92 Å². The molecule has 1 aliphatic heterocycles. The van der Waals surface area contributed by atoms with Crippen molar-refractivity contribution in [3.8, 4) is 0 Å². The largest absolute Gasteiger partial charge is 0.394 e. The molecule has 1 saturated heterocycles. The Morgan fingerprint density at radius 3 is 2.25 bits per heavy atom. The fourth-order valence-electron chi connectivity index (χ4n) is 1.44. The molecule has 5 atom stereocenters. The van der Waals surface area contributed by atoms with Gasteiger partial charge >= 0.3 is 0 Å². The van der Waals surface area contributed by atoms with E-state index in [9.17, 15) is 10.2 Å². The summed E-state index contributed by atoms with van der Waals surface area (Å²) in [5.41, 5.74) is 0. The quantitative estimate of drug-likeness (QED) is 0.485. The third kappa shape index (κ3) is 1.61. The molecule has 1 heterocycles. The maximum absolute atomic E-state index is 9.48. The third-order valence-corrected chi connectivity index (χ3v) is 2.58. The summed E-state index contributed by atoms with van der Waals surface area (Å²) in [6.07, 6.45) is -2.54. The van der Waals surface area contributed by atoms with Crippen molar-refractivity contribution in [3.05, 3.63) is 0 Å². The number of rotatable bonds is 1. The zero-order valence-electron chi connectivity index (χ0n) is 7.34. The van der Waals surface area contributed by atoms with E-state index in [2.05, 4.69) is 0 Å². The Balaban J connectivity index is 2.63.